The smallest absolute Gasteiger partial charge is 0.131 e. The molecule has 0 saturated heterocycles. The summed E-state index contributed by atoms with van der Waals surface area (Å²) >= 11 is 0. The van der Waals surface area contributed by atoms with Gasteiger partial charge in [0.25, 0.3) is 0 Å². The Morgan fingerprint density at radius 1 is 1.21 bits per heavy atom. The molecule has 0 amide bonds. The van der Waals surface area contributed by atoms with Gasteiger partial charge in [-0.1, -0.05) is 24.3 Å². The third kappa shape index (κ3) is 1.28. The predicted octanol–water partition coefficient (Wildman–Crippen LogP) is 2.75. The van der Waals surface area contributed by atoms with Crippen LogP contribution in [0.25, 0.3) is 10.8 Å². The molecule has 0 aliphatic carbocycles. The number of benzene rings is 2. The fourth-order valence-corrected chi connectivity index (χ4v) is 1.77. The molecule has 0 aliphatic heterocycles. The first-order valence-corrected chi connectivity index (χ1v) is 4.61. The summed E-state index contributed by atoms with van der Waals surface area (Å²) in [7, 11) is 0. The van der Waals surface area contributed by atoms with E-state index in [1.807, 2.05) is 25.1 Å². The van der Waals surface area contributed by atoms with Crippen molar-refractivity contribution in [3.63, 3.8) is 0 Å². The average molecular weight is 189 g/mol. The number of hydrogen-bond donors (Lipinski definition) is 1. The Hall–Kier alpha value is -1.41. The fourth-order valence-electron chi connectivity index (χ4n) is 1.77. The maximum absolute atomic E-state index is 13.5. The molecule has 72 valence electrons. The van der Waals surface area contributed by atoms with Crippen molar-refractivity contribution in [3.8, 4) is 0 Å². The molecule has 0 atom stereocenters. The highest BCUT2D eigenvalue weighted by atomic mass is 19.1. The lowest BCUT2D eigenvalue weighted by atomic mass is 10.00. The predicted molar refractivity (Wildman–Crippen MR) is 56.5 cm³/mol. The third-order valence-electron chi connectivity index (χ3n) is 2.59. The Balaban J connectivity index is 2.86. The fraction of sp³-hybridized carbons (Fsp3) is 0.167. The molecular formula is C12H12FN. The van der Waals surface area contributed by atoms with E-state index < -0.39 is 0 Å². The topological polar surface area (TPSA) is 26.0 Å². The van der Waals surface area contributed by atoms with Gasteiger partial charge >= 0.3 is 0 Å². The molecule has 2 N–H and O–H groups in total. The van der Waals surface area contributed by atoms with Gasteiger partial charge in [0.15, 0.2) is 0 Å². The molecule has 0 saturated carbocycles. The van der Waals surface area contributed by atoms with Crippen molar-refractivity contribution in [1.82, 2.24) is 0 Å². The van der Waals surface area contributed by atoms with E-state index in [0.29, 0.717) is 11.9 Å². The van der Waals surface area contributed by atoms with Gasteiger partial charge < -0.3 is 5.73 Å². The lowest BCUT2D eigenvalue weighted by Crippen LogP contribution is -1.99. The second kappa shape index (κ2) is 3.39. The van der Waals surface area contributed by atoms with E-state index in [1.165, 1.54) is 6.07 Å². The monoisotopic (exact) mass is 189 g/mol. The van der Waals surface area contributed by atoms with Gasteiger partial charge in [-0.25, -0.2) is 4.39 Å². The summed E-state index contributed by atoms with van der Waals surface area (Å²) in [5.41, 5.74) is 7.52. The van der Waals surface area contributed by atoms with Gasteiger partial charge in [0.05, 0.1) is 0 Å². The largest absolute Gasteiger partial charge is 0.326 e. The number of rotatable bonds is 1. The molecule has 14 heavy (non-hydrogen) atoms. The summed E-state index contributed by atoms with van der Waals surface area (Å²) in [5.74, 6) is -0.171. The number of fused-ring (bicyclic) bond motifs is 1. The van der Waals surface area contributed by atoms with Gasteiger partial charge in [-0.3, -0.25) is 0 Å². The zero-order chi connectivity index (χ0) is 10.1. The number of aryl methyl sites for hydroxylation is 1. The molecule has 2 aromatic carbocycles. The molecule has 0 radical (unpaired) electrons. The lowest BCUT2D eigenvalue weighted by molar-refractivity contribution is 0.639. The maximum atomic E-state index is 13.5. The van der Waals surface area contributed by atoms with E-state index in [0.717, 1.165) is 16.5 Å². The highest BCUT2D eigenvalue weighted by molar-refractivity contribution is 5.87. The Labute approximate surface area is 82.3 Å². The first-order valence-electron chi connectivity index (χ1n) is 4.61. The van der Waals surface area contributed by atoms with Crippen molar-refractivity contribution < 1.29 is 4.39 Å². The van der Waals surface area contributed by atoms with E-state index in [1.54, 1.807) is 6.07 Å². The summed E-state index contributed by atoms with van der Waals surface area (Å²) in [6.45, 7) is 2.36. The van der Waals surface area contributed by atoms with Crippen LogP contribution in [-0.4, -0.2) is 0 Å². The molecular weight excluding hydrogens is 177 g/mol. The second-order valence-corrected chi connectivity index (χ2v) is 3.39. The van der Waals surface area contributed by atoms with Crippen LogP contribution in [0.1, 0.15) is 11.1 Å². The summed E-state index contributed by atoms with van der Waals surface area (Å²) < 4.78 is 13.5. The van der Waals surface area contributed by atoms with Crippen molar-refractivity contribution >= 4 is 10.8 Å². The number of halogens is 1. The van der Waals surface area contributed by atoms with Crippen LogP contribution >= 0.6 is 0 Å². The van der Waals surface area contributed by atoms with E-state index in [4.69, 9.17) is 5.73 Å². The van der Waals surface area contributed by atoms with Gasteiger partial charge in [0.2, 0.25) is 0 Å². The van der Waals surface area contributed by atoms with Crippen LogP contribution in [-0.2, 0) is 6.54 Å². The SMILES string of the molecule is Cc1c(CN)ccc2cccc(F)c12. The first kappa shape index (κ1) is 9.16. The zero-order valence-corrected chi connectivity index (χ0v) is 8.05. The molecule has 2 aromatic rings. The molecule has 0 spiro atoms. The van der Waals surface area contributed by atoms with Crippen LogP contribution in [0.3, 0.4) is 0 Å². The van der Waals surface area contributed by atoms with Crippen molar-refractivity contribution in [2.75, 3.05) is 0 Å². The Kier molecular flexibility index (Phi) is 2.22. The highest BCUT2D eigenvalue weighted by Crippen LogP contribution is 2.24. The van der Waals surface area contributed by atoms with Crippen molar-refractivity contribution in [2.24, 2.45) is 5.73 Å². The quantitative estimate of drug-likeness (QED) is 0.733. The molecule has 0 aliphatic rings. The van der Waals surface area contributed by atoms with Crippen LogP contribution < -0.4 is 5.73 Å². The van der Waals surface area contributed by atoms with Gasteiger partial charge in [-0.2, -0.15) is 0 Å². The lowest BCUT2D eigenvalue weighted by Gasteiger charge is -2.07. The first-order chi connectivity index (χ1) is 6.74. The van der Waals surface area contributed by atoms with Crippen molar-refractivity contribution in [2.45, 2.75) is 13.5 Å². The molecule has 0 fully saturated rings. The molecule has 2 heteroatoms. The third-order valence-corrected chi connectivity index (χ3v) is 2.59. The van der Waals surface area contributed by atoms with Crippen LogP contribution in [0.15, 0.2) is 30.3 Å². The number of nitrogens with two attached hydrogens (primary N) is 1. The Morgan fingerprint density at radius 2 is 2.00 bits per heavy atom. The van der Waals surface area contributed by atoms with Crippen molar-refractivity contribution in [3.05, 3.63) is 47.3 Å². The summed E-state index contributed by atoms with van der Waals surface area (Å²) in [5, 5.41) is 1.62. The zero-order valence-electron chi connectivity index (χ0n) is 8.05. The van der Waals surface area contributed by atoms with Gasteiger partial charge in [-0.15, -0.1) is 0 Å². The van der Waals surface area contributed by atoms with Crippen LogP contribution in [0.4, 0.5) is 4.39 Å². The minimum atomic E-state index is -0.171. The Morgan fingerprint density at radius 3 is 2.71 bits per heavy atom. The van der Waals surface area contributed by atoms with Gasteiger partial charge in [-0.05, 0) is 29.5 Å². The Bertz CT molecular complexity index is 477. The van der Waals surface area contributed by atoms with Crippen LogP contribution in [0, 0.1) is 12.7 Å². The van der Waals surface area contributed by atoms with E-state index >= 15 is 0 Å². The standard InChI is InChI=1S/C12H12FN/c1-8-10(7-14)6-5-9-3-2-4-11(13)12(8)9/h2-6H,7,14H2,1H3. The van der Waals surface area contributed by atoms with Crippen LogP contribution in [0.5, 0.6) is 0 Å². The molecule has 0 heterocycles. The molecule has 1 nitrogen and oxygen atoms in total. The number of hydrogen-bond acceptors (Lipinski definition) is 1. The minimum absolute atomic E-state index is 0.171. The second-order valence-electron chi connectivity index (χ2n) is 3.39. The normalized spacial score (nSPS) is 10.8. The summed E-state index contributed by atoms with van der Waals surface area (Å²) in [6, 6.07) is 8.98. The van der Waals surface area contributed by atoms with E-state index in [9.17, 15) is 4.39 Å². The van der Waals surface area contributed by atoms with Gasteiger partial charge in [0.1, 0.15) is 5.82 Å². The molecule has 0 bridgehead atoms. The molecule has 0 unspecified atom stereocenters. The van der Waals surface area contributed by atoms with Crippen LogP contribution in [0.2, 0.25) is 0 Å². The van der Waals surface area contributed by atoms with E-state index in [-0.39, 0.29) is 5.82 Å². The minimum Gasteiger partial charge on any atom is -0.326 e. The summed E-state index contributed by atoms with van der Waals surface area (Å²) in [6.07, 6.45) is 0. The summed E-state index contributed by atoms with van der Waals surface area (Å²) in [4.78, 5) is 0. The van der Waals surface area contributed by atoms with Crippen molar-refractivity contribution in [1.29, 1.82) is 0 Å². The molecule has 2 rings (SSSR count). The highest BCUT2D eigenvalue weighted by Gasteiger charge is 2.05. The molecule has 0 aromatic heterocycles. The van der Waals surface area contributed by atoms with Gasteiger partial charge in [0, 0.05) is 11.9 Å². The van der Waals surface area contributed by atoms with E-state index in [2.05, 4.69) is 0 Å². The average Bonchev–Trinajstić information content (AvgIpc) is 2.18. The maximum Gasteiger partial charge on any atom is 0.131 e.